The number of nitrogens with zero attached hydrogens (tertiary/aromatic N) is 3. The number of amides is 1. The summed E-state index contributed by atoms with van der Waals surface area (Å²) >= 11 is 5.76. The molecule has 0 saturated carbocycles. The maximum atomic E-state index is 13.7. The fourth-order valence-corrected chi connectivity index (χ4v) is 4.89. The lowest BCUT2D eigenvalue weighted by Crippen LogP contribution is -2.38. The molecule has 1 saturated heterocycles. The molecule has 0 bridgehead atoms. The van der Waals surface area contributed by atoms with Gasteiger partial charge in [-0.05, 0) is 30.7 Å². The summed E-state index contributed by atoms with van der Waals surface area (Å²) in [6.45, 7) is 0. The van der Waals surface area contributed by atoms with Gasteiger partial charge in [-0.25, -0.2) is 13.1 Å². The Morgan fingerprint density at radius 2 is 1.93 bits per heavy atom. The van der Waals surface area contributed by atoms with Crippen molar-refractivity contribution in [1.29, 1.82) is 0 Å². The number of hydrogen-bond acceptors (Lipinski definition) is 4. The van der Waals surface area contributed by atoms with Gasteiger partial charge in [-0.3, -0.25) is 4.79 Å². The third-order valence-electron chi connectivity index (χ3n) is 4.42. The topological polar surface area (TPSA) is 72.3 Å². The second-order valence-corrected chi connectivity index (χ2v) is 8.93. The van der Waals surface area contributed by atoms with E-state index in [0.29, 0.717) is 9.70 Å². The van der Waals surface area contributed by atoms with Gasteiger partial charge in [0.25, 0.3) is 5.91 Å². The minimum Gasteiger partial charge on any atom is -0.338 e. The van der Waals surface area contributed by atoms with E-state index in [1.54, 1.807) is 0 Å². The molecule has 2 heterocycles. The normalized spacial score (nSPS) is 19.2. The lowest BCUT2D eigenvalue weighted by molar-refractivity contribution is -0.143. The van der Waals surface area contributed by atoms with E-state index in [9.17, 15) is 26.4 Å². The largest absolute Gasteiger partial charge is 0.434 e. The number of rotatable bonds is 3. The molecule has 0 radical (unpaired) electrons. The summed E-state index contributed by atoms with van der Waals surface area (Å²) in [4.78, 5) is 13.7. The average Bonchev–Trinajstić information content (AvgIpc) is 3.17. The summed E-state index contributed by atoms with van der Waals surface area (Å²) < 4.78 is 64.9. The number of halogens is 4. The standard InChI is InChI=1S/C16H15ClF3N3O3S/c1-22(12-6-7-27(25,26)9-12)15(24)13-8-21-23(14(13)16(18,19)20)11-4-2-10(17)3-5-11/h2-5,8,12H,6-7,9H2,1H3/t12-/m0/s1. The number of aromatic nitrogens is 2. The Hall–Kier alpha value is -2.07. The van der Waals surface area contributed by atoms with Crippen molar-refractivity contribution in [1.82, 2.24) is 14.7 Å². The highest BCUT2D eigenvalue weighted by Crippen LogP contribution is 2.34. The number of hydrogen-bond donors (Lipinski definition) is 0. The first-order chi connectivity index (χ1) is 12.5. The average molecular weight is 422 g/mol. The first-order valence-electron chi connectivity index (χ1n) is 7.88. The van der Waals surface area contributed by atoms with Crippen molar-refractivity contribution in [2.24, 2.45) is 0 Å². The minimum atomic E-state index is -4.84. The van der Waals surface area contributed by atoms with Gasteiger partial charge >= 0.3 is 6.18 Å². The molecule has 0 unspecified atom stereocenters. The summed E-state index contributed by atoms with van der Waals surface area (Å²) in [5.74, 6) is -1.28. The number of carbonyl (C=O) groups is 1. The van der Waals surface area contributed by atoms with Crippen molar-refractivity contribution in [3.63, 3.8) is 0 Å². The Bertz CT molecular complexity index is 971. The summed E-state index contributed by atoms with van der Waals surface area (Å²) in [7, 11) is -1.99. The third-order valence-corrected chi connectivity index (χ3v) is 6.42. The van der Waals surface area contributed by atoms with Crippen LogP contribution in [0, 0.1) is 0 Å². The molecule has 1 aromatic heterocycles. The molecule has 1 amide bonds. The van der Waals surface area contributed by atoms with Crippen LogP contribution >= 0.6 is 11.6 Å². The van der Waals surface area contributed by atoms with Crippen LogP contribution in [0.1, 0.15) is 22.5 Å². The number of carbonyl (C=O) groups excluding carboxylic acids is 1. The Morgan fingerprint density at radius 3 is 2.44 bits per heavy atom. The Morgan fingerprint density at radius 1 is 1.30 bits per heavy atom. The van der Waals surface area contributed by atoms with Gasteiger partial charge in [0.2, 0.25) is 0 Å². The highest BCUT2D eigenvalue weighted by Gasteiger charge is 2.42. The van der Waals surface area contributed by atoms with E-state index in [0.717, 1.165) is 11.1 Å². The van der Waals surface area contributed by atoms with Crippen LogP contribution in [0.4, 0.5) is 13.2 Å². The van der Waals surface area contributed by atoms with Gasteiger partial charge < -0.3 is 4.90 Å². The summed E-state index contributed by atoms with van der Waals surface area (Å²) in [6.07, 6.45) is -3.80. The third kappa shape index (κ3) is 3.96. The van der Waals surface area contributed by atoms with Gasteiger partial charge in [0.1, 0.15) is 0 Å². The zero-order valence-corrected chi connectivity index (χ0v) is 15.6. The SMILES string of the molecule is CN(C(=O)c1cnn(-c2ccc(Cl)cc2)c1C(F)(F)F)[C@H]1CCS(=O)(=O)C1. The van der Waals surface area contributed by atoms with Gasteiger partial charge in [0, 0.05) is 18.1 Å². The summed E-state index contributed by atoms with van der Waals surface area (Å²) in [5, 5.41) is 4.07. The fourth-order valence-electron chi connectivity index (χ4n) is 2.99. The molecule has 1 aliphatic rings. The van der Waals surface area contributed by atoms with Crippen molar-refractivity contribution >= 4 is 27.3 Å². The highest BCUT2D eigenvalue weighted by molar-refractivity contribution is 7.91. The minimum absolute atomic E-state index is 0.0918. The summed E-state index contributed by atoms with van der Waals surface area (Å²) in [6, 6.07) is 4.87. The highest BCUT2D eigenvalue weighted by atomic mass is 35.5. The maximum absolute atomic E-state index is 13.7. The van der Waals surface area contributed by atoms with E-state index < -0.39 is 39.2 Å². The molecular formula is C16H15ClF3N3O3S. The first-order valence-corrected chi connectivity index (χ1v) is 10.1. The first kappa shape index (κ1) is 19.7. The van der Waals surface area contributed by atoms with Crippen molar-refractivity contribution in [3.05, 3.63) is 46.7 Å². The van der Waals surface area contributed by atoms with Crippen molar-refractivity contribution in [2.75, 3.05) is 18.6 Å². The van der Waals surface area contributed by atoms with Gasteiger partial charge in [0.15, 0.2) is 15.5 Å². The Kier molecular flexibility index (Phi) is 4.98. The van der Waals surface area contributed by atoms with Crippen molar-refractivity contribution in [3.8, 4) is 5.69 Å². The van der Waals surface area contributed by atoms with Crippen LogP contribution in [0.15, 0.2) is 30.5 Å². The zero-order chi connectivity index (χ0) is 20.0. The van der Waals surface area contributed by atoms with E-state index in [1.807, 2.05) is 0 Å². The molecular weight excluding hydrogens is 407 g/mol. The van der Waals surface area contributed by atoms with Crippen LogP contribution in [0.2, 0.25) is 5.02 Å². The van der Waals surface area contributed by atoms with Gasteiger partial charge in [0.05, 0.1) is 29.0 Å². The molecule has 27 heavy (non-hydrogen) atoms. The van der Waals surface area contributed by atoms with E-state index >= 15 is 0 Å². The van der Waals surface area contributed by atoms with E-state index in [1.165, 1.54) is 31.3 Å². The molecule has 6 nitrogen and oxygen atoms in total. The molecule has 11 heteroatoms. The quantitative estimate of drug-likeness (QED) is 0.764. The predicted octanol–water partition coefficient (Wildman–Crippen LogP) is 2.80. The number of alkyl halides is 3. The Labute approximate surface area is 158 Å². The van der Waals surface area contributed by atoms with Crippen LogP contribution in [-0.4, -0.2) is 53.6 Å². The second-order valence-electron chi connectivity index (χ2n) is 6.27. The fraction of sp³-hybridized carbons (Fsp3) is 0.375. The molecule has 1 atom stereocenters. The van der Waals surface area contributed by atoms with Gasteiger partial charge in [-0.15, -0.1) is 0 Å². The summed E-state index contributed by atoms with van der Waals surface area (Å²) in [5.41, 5.74) is -1.76. The molecule has 146 valence electrons. The maximum Gasteiger partial charge on any atom is 0.434 e. The number of sulfone groups is 1. The lowest BCUT2D eigenvalue weighted by atomic mass is 10.1. The molecule has 0 N–H and O–H groups in total. The Balaban J connectivity index is 2.00. The van der Waals surface area contributed by atoms with Gasteiger partial charge in [-0.2, -0.15) is 18.3 Å². The van der Waals surface area contributed by atoms with Gasteiger partial charge in [-0.1, -0.05) is 11.6 Å². The van der Waals surface area contributed by atoms with Crippen LogP contribution in [0.5, 0.6) is 0 Å². The lowest BCUT2D eigenvalue weighted by Gasteiger charge is -2.23. The molecule has 1 aliphatic heterocycles. The predicted molar refractivity (Wildman–Crippen MR) is 92.7 cm³/mol. The van der Waals surface area contributed by atoms with Crippen molar-refractivity contribution < 1.29 is 26.4 Å². The number of benzene rings is 1. The van der Waals surface area contributed by atoms with Crippen LogP contribution < -0.4 is 0 Å². The molecule has 0 spiro atoms. The van der Waals surface area contributed by atoms with E-state index in [2.05, 4.69) is 5.10 Å². The molecule has 1 fully saturated rings. The zero-order valence-electron chi connectivity index (χ0n) is 14.1. The van der Waals surface area contributed by atoms with Crippen LogP contribution in [0.3, 0.4) is 0 Å². The van der Waals surface area contributed by atoms with Crippen LogP contribution in [0.25, 0.3) is 5.69 Å². The van der Waals surface area contributed by atoms with Crippen LogP contribution in [-0.2, 0) is 16.0 Å². The smallest absolute Gasteiger partial charge is 0.338 e. The van der Waals surface area contributed by atoms with Crippen molar-refractivity contribution in [2.45, 2.75) is 18.6 Å². The van der Waals surface area contributed by atoms with E-state index in [-0.39, 0.29) is 23.6 Å². The molecule has 2 aromatic rings. The monoisotopic (exact) mass is 421 g/mol. The molecule has 1 aromatic carbocycles. The molecule has 0 aliphatic carbocycles. The van der Waals surface area contributed by atoms with E-state index in [4.69, 9.17) is 11.6 Å². The molecule has 3 rings (SSSR count). The second kappa shape index (κ2) is 6.83.